The standard InChI is InChI=1S/C15H11N3O/c1-9-5-6-13-17-11-4-2-3-10-12(19)7-16-15(14(10)11)18(13)8-9/h2-6,8H,7H2,1H3. The van der Waals surface area contributed by atoms with E-state index in [-0.39, 0.29) is 12.3 Å². The third-order valence-electron chi connectivity index (χ3n) is 3.48. The number of amidine groups is 2. The van der Waals surface area contributed by atoms with Gasteiger partial charge in [-0.2, -0.15) is 0 Å². The second kappa shape index (κ2) is 3.51. The molecule has 0 spiro atoms. The molecule has 0 bridgehead atoms. The Balaban J connectivity index is 2.03. The summed E-state index contributed by atoms with van der Waals surface area (Å²) in [5.74, 6) is 1.75. The molecule has 0 atom stereocenters. The molecule has 0 amide bonds. The lowest BCUT2D eigenvalue weighted by molar-refractivity contribution is 0.0999. The molecule has 0 fully saturated rings. The molecule has 4 rings (SSSR count). The van der Waals surface area contributed by atoms with Crippen LogP contribution in [0.25, 0.3) is 0 Å². The zero-order valence-electron chi connectivity index (χ0n) is 10.4. The fourth-order valence-corrected chi connectivity index (χ4v) is 2.59. The zero-order chi connectivity index (χ0) is 13.0. The van der Waals surface area contributed by atoms with Gasteiger partial charge in [-0.1, -0.05) is 18.2 Å². The molecule has 0 N–H and O–H groups in total. The van der Waals surface area contributed by atoms with Gasteiger partial charge in [0.05, 0.1) is 11.3 Å². The minimum Gasteiger partial charge on any atom is -0.292 e. The molecule has 0 unspecified atom stereocenters. The van der Waals surface area contributed by atoms with Crippen molar-refractivity contribution in [3.8, 4) is 0 Å². The Kier molecular flexibility index (Phi) is 1.93. The van der Waals surface area contributed by atoms with E-state index in [4.69, 9.17) is 0 Å². The number of fused-ring (bicyclic) bond motifs is 2. The Hall–Kier alpha value is -2.49. The van der Waals surface area contributed by atoms with Crippen molar-refractivity contribution in [1.82, 2.24) is 4.90 Å². The number of rotatable bonds is 0. The highest BCUT2D eigenvalue weighted by atomic mass is 16.1. The average molecular weight is 249 g/mol. The normalized spacial score (nSPS) is 19.3. The van der Waals surface area contributed by atoms with Crippen molar-refractivity contribution < 1.29 is 4.79 Å². The number of hydrogen-bond donors (Lipinski definition) is 0. The molecule has 0 saturated heterocycles. The van der Waals surface area contributed by atoms with Crippen LogP contribution < -0.4 is 0 Å². The van der Waals surface area contributed by atoms with Gasteiger partial charge in [-0.05, 0) is 24.6 Å². The molecule has 4 nitrogen and oxygen atoms in total. The lowest BCUT2D eigenvalue weighted by Crippen LogP contribution is -2.39. The quantitative estimate of drug-likeness (QED) is 0.709. The van der Waals surface area contributed by atoms with Crippen LogP contribution in [0.3, 0.4) is 0 Å². The molecule has 3 heterocycles. The monoisotopic (exact) mass is 249 g/mol. The fraction of sp³-hybridized carbons (Fsp3) is 0.133. The van der Waals surface area contributed by atoms with E-state index >= 15 is 0 Å². The van der Waals surface area contributed by atoms with Crippen molar-refractivity contribution >= 4 is 23.1 Å². The molecule has 19 heavy (non-hydrogen) atoms. The number of carbonyl (C=O) groups excluding carboxylic acids is 1. The van der Waals surface area contributed by atoms with Crippen LogP contribution in [-0.4, -0.2) is 28.9 Å². The van der Waals surface area contributed by atoms with Gasteiger partial charge in [-0.15, -0.1) is 0 Å². The summed E-state index contributed by atoms with van der Waals surface area (Å²) in [7, 11) is 0. The minimum atomic E-state index is 0.0625. The Morgan fingerprint density at radius 2 is 2.16 bits per heavy atom. The second-order valence-corrected chi connectivity index (χ2v) is 4.81. The number of Topliss-reactive ketones (excluding diaryl/α,β-unsaturated/α-hetero) is 1. The Morgan fingerprint density at radius 1 is 1.26 bits per heavy atom. The smallest absolute Gasteiger partial charge is 0.185 e. The number of ketones is 1. The first-order valence-electron chi connectivity index (χ1n) is 6.19. The van der Waals surface area contributed by atoms with Crippen LogP contribution in [0.2, 0.25) is 0 Å². The second-order valence-electron chi connectivity index (χ2n) is 4.81. The van der Waals surface area contributed by atoms with E-state index < -0.39 is 0 Å². The third kappa shape index (κ3) is 1.37. The first-order valence-corrected chi connectivity index (χ1v) is 6.19. The van der Waals surface area contributed by atoms with Crippen molar-refractivity contribution in [2.75, 3.05) is 6.54 Å². The van der Waals surface area contributed by atoms with Crippen LogP contribution in [-0.2, 0) is 0 Å². The molecular formula is C15H11N3O. The van der Waals surface area contributed by atoms with Crippen LogP contribution in [0, 0.1) is 0 Å². The average Bonchev–Trinajstić information content (AvgIpc) is 2.42. The number of allylic oxidation sites excluding steroid dienone is 2. The van der Waals surface area contributed by atoms with Crippen molar-refractivity contribution in [2.45, 2.75) is 6.92 Å². The third-order valence-corrected chi connectivity index (χ3v) is 3.48. The number of aliphatic imine (C=N–C) groups is 2. The highest BCUT2D eigenvalue weighted by molar-refractivity contribution is 6.25. The summed E-state index contributed by atoms with van der Waals surface area (Å²) in [5, 5.41) is 0. The van der Waals surface area contributed by atoms with Crippen LogP contribution >= 0.6 is 0 Å². The van der Waals surface area contributed by atoms with E-state index in [1.807, 2.05) is 48.4 Å². The summed E-state index contributed by atoms with van der Waals surface area (Å²) >= 11 is 0. The van der Waals surface area contributed by atoms with Gasteiger partial charge in [-0.25, -0.2) is 4.99 Å². The molecular weight excluding hydrogens is 238 g/mol. The topological polar surface area (TPSA) is 45.0 Å². The van der Waals surface area contributed by atoms with E-state index in [1.165, 1.54) is 0 Å². The van der Waals surface area contributed by atoms with Gasteiger partial charge in [0.1, 0.15) is 18.2 Å². The van der Waals surface area contributed by atoms with Crippen LogP contribution in [0.1, 0.15) is 22.8 Å². The van der Waals surface area contributed by atoms with Crippen LogP contribution in [0.15, 0.2) is 52.1 Å². The van der Waals surface area contributed by atoms with Crippen LogP contribution in [0.5, 0.6) is 0 Å². The zero-order valence-corrected chi connectivity index (χ0v) is 10.4. The SMILES string of the molecule is CC1=CN2C(=Nc3cccc4c3C2=NCC4=O)C=C1. The summed E-state index contributed by atoms with van der Waals surface area (Å²) in [5.41, 5.74) is 3.56. The van der Waals surface area contributed by atoms with Crippen LogP contribution in [0.4, 0.5) is 5.69 Å². The van der Waals surface area contributed by atoms with Crippen molar-refractivity contribution in [1.29, 1.82) is 0 Å². The van der Waals surface area contributed by atoms with Gasteiger partial charge in [0, 0.05) is 11.8 Å². The lowest BCUT2D eigenvalue weighted by atomic mass is 9.95. The first kappa shape index (κ1) is 10.4. The largest absolute Gasteiger partial charge is 0.292 e. The lowest BCUT2D eigenvalue weighted by Gasteiger charge is -2.32. The molecule has 3 aliphatic heterocycles. The first-order chi connectivity index (χ1) is 9.24. The van der Waals surface area contributed by atoms with E-state index in [0.29, 0.717) is 0 Å². The van der Waals surface area contributed by atoms with Gasteiger partial charge in [0.2, 0.25) is 0 Å². The van der Waals surface area contributed by atoms with Gasteiger partial charge in [-0.3, -0.25) is 14.7 Å². The molecule has 0 aromatic heterocycles. The maximum atomic E-state index is 11.9. The number of carbonyl (C=O) groups is 1. The van der Waals surface area contributed by atoms with Crippen molar-refractivity contribution in [3.63, 3.8) is 0 Å². The Morgan fingerprint density at radius 3 is 3.05 bits per heavy atom. The maximum Gasteiger partial charge on any atom is 0.185 e. The highest BCUT2D eigenvalue weighted by Gasteiger charge is 2.31. The molecule has 0 radical (unpaired) electrons. The van der Waals surface area contributed by atoms with E-state index in [1.54, 1.807) is 0 Å². The van der Waals surface area contributed by atoms with E-state index in [9.17, 15) is 4.79 Å². The fourth-order valence-electron chi connectivity index (χ4n) is 2.59. The molecule has 0 saturated carbocycles. The number of benzene rings is 1. The summed E-state index contributed by atoms with van der Waals surface area (Å²) in [6.07, 6.45) is 6.01. The van der Waals surface area contributed by atoms with Gasteiger partial charge in [0.15, 0.2) is 5.78 Å². The summed E-state index contributed by atoms with van der Waals surface area (Å²) in [4.78, 5) is 23.0. The van der Waals surface area contributed by atoms with Gasteiger partial charge >= 0.3 is 0 Å². The Bertz CT molecular complexity index is 738. The molecule has 4 heteroatoms. The molecule has 0 aliphatic carbocycles. The van der Waals surface area contributed by atoms with E-state index in [2.05, 4.69) is 9.98 Å². The highest BCUT2D eigenvalue weighted by Crippen LogP contribution is 2.33. The van der Waals surface area contributed by atoms with Crippen molar-refractivity contribution in [2.24, 2.45) is 9.98 Å². The molecule has 92 valence electrons. The summed E-state index contributed by atoms with van der Waals surface area (Å²) < 4.78 is 0. The Labute approximate surface area is 110 Å². The van der Waals surface area contributed by atoms with E-state index in [0.717, 1.165) is 34.1 Å². The predicted molar refractivity (Wildman–Crippen MR) is 74.0 cm³/mol. The molecule has 1 aromatic rings. The summed E-state index contributed by atoms with van der Waals surface area (Å²) in [6.45, 7) is 2.25. The number of nitrogens with zero attached hydrogens (tertiary/aromatic N) is 3. The number of hydrogen-bond acceptors (Lipinski definition) is 4. The summed E-state index contributed by atoms with van der Waals surface area (Å²) in [6, 6.07) is 5.66. The van der Waals surface area contributed by atoms with Gasteiger partial charge < -0.3 is 0 Å². The van der Waals surface area contributed by atoms with Gasteiger partial charge in [0.25, 0.3) is 0 Å². The minimum absolute atomic E-state index is 0.0625. The maximum absolute atomic E-state index is 11.9. The molecule has 1 aromatic carbocycles. The molecule has 3 aliphatic rings. The van der Waals surface area contributed by atoms with Crippen molar-refractivity contribution in [3.05, 3.63) is 53.3 Å². The predicted octanol–water partition coefficient (Wildman–Crippen LogP) is 2.45.